The number of likely N-dealkylation sites (tertiary alicyclic amines) is 1. The van der Waals surface area contributed by atoms with Gasteiger partial charge in [-0.15, -0.1) is 11.3 Å². The molecular weight excluding hydrogens is 402 g/mol. The zero-order chi connectivity index (χ0) is 20.9. The van der Waals surface area contributed by atoms with Crippen molar-refractivity contribution in [2.24, 2.45) is 0 Å². The van der Waals surface area contributed by atoms with E-state index in [0.717, 1.165) is 42.8 Å². The van der Waals surface area contributed by atoms with Crippen LogP contribution in [-0.2, 0) is 22.4 Å². The first-order valence-electron chi connectivity index (χ1n) is 10.2. The Labute approximate surface area is 178 Å². The molecule has 1 unspecified atom stereocenters. The van der Waals surface area contributed by atoms with Crippen molar-refractivity contribution < 1.29 is 18.7 Å². The normalized spacial score (nSPS) is 18.6. The van der Waals surface area contributed by atoms with E-state index in [0.29, 0.717) is 35.6 Å². The zero-order valence-corrected chi connectivity index (χ0v) is 17.4. The number of anilines is 1. The number of nitriles is 1. The van der Waals surface area contributed by atoms with E-state index in [1.165, 1.54) is 23.7 Å². The fourth-order valence-corrected chi connectivity index (χ4v) is 5.12. The summed E-state index contributed by atoms with van der Waals surface area (Å²) < 4.78 is 10.9. The monoisotopic (exact) mass is 425 g/mol. The van der Waals surface area contributed by atoms with Crippen molar-refractivity contribution in [3.8, 4) is 6.07 Å². The summed E-state index contributed by atoms with van der Waals surface area (Å²) in [5, 5.41) is 13.0. The fourth-order valence-electron chi connectivity index (χ4n) is 3.85. The van der Waals surface area contributed by atoms with Gasteiger partial charge in [0.25, 0.3) is 0 Å². The second-order valence-corrected chi connectivity index (χ2v) is 8.56. The van der Waals surface area contributed by atoms with E-state index < -0.39 is 0 Å². The first-order chi connectivity index (χ1) is 14.6. The Hall–Kier alpha value is -3.05. The number of hydrogen-bond donors (Lipinski definition) is 1. The van der Waals surface area contributed by atoms with Gasteiger partial charge in [-0.1, -0.05) is 0 Å². The van der Waals surface area contributed by atoms with Gasteiger partial charge in [0, 0.05) is 30.5 Å². The molecule has 30 heavy (non-hydrogen) atoms. The Morgan fingerprint density at radius 1 is 1.33 bits per heavy atom. The lowest BCUT2D eigenvalue weighted by molar-refractivity contribution is -0.111. The number of nitrogens with one attached hydrogen (secondary N) is 1. The molecule has 2 aromatic rings. The number of rotatable bonds is 4. The summed E-state index contributed by atoms with van der Waals surface area (Å²) in [4.78, 5) is 27.4. The van der Waals surface area contributed by atoms with E-state index in [1.807, 2.05) is 0 Å². The van der Waals surface area contributed by atoms with Gasteiger partial charge >= 0.3 is 6.09 Å². The second-order valence-electron chi connectivity index (χ2n) is 7.45. The molecule has 1 aliphatic carbocycles. The Morgan fingerprint density at radius 3 is 2.90 bits per heavy atom. The van der Waals surface area contributed by atoms with Crippen molar-refractivity contribution in [3.05, 3.63) is 46.2 Å². The van der Waals surface area contributed by atoms with Crippen LogP contribution in [0.5, 0.6) is 0 Å². The highest BCUT2D eigenvalue weighted by Crippen LogP contribution is 2.38. The summed E-state index contributed by atoms with van der Waals surface area (Å²) in [6, 6.07) is 5.72. The van der Waals surface area contributed by atoms with Crippen LogP contribution in [0, 0.1) is 11.3 Å². The van der Waals surface area contributed by atoms with Gasteiger partial charge < -0.3 is 19.4 Å². The third-order valence-electron chi connectivity index (χ3n) is 5.39. The second kappa shape index (κ2) is 9.18. The van der Waals surface area contributed by atoms with Crippen molar-refractivity contribution in [1.29, 1.82) is 5.26 Å². The van der Waals surface area contributed by atoms with Gasteiger partial charge in [-0.3, -0.25) is 4.79 Å². The molecule has 2 aliphatic rings. The molecule has 156 valence electrons. The van der Waals surface area contributed by atoms with Gasteiger partial charge in [-0.25, -0.2) is 4.79 Å². The lowest BCUT2D eigenvalue weighted by atomic mass is 9.94. The number of carbonyl (C=O) groups is 2. The van der Waals surface area contributed by atoms with Crippen LogP contribution >= 0.6 is 11.3 Å². The summed E-state index contributed by atoms with van der Waals surface area (Å²) in [6.07, 6.45) is 9.18. The smallest absolute Gasteiger partial charge is 0.410 e. The molecule has 0 saturated carbocycles. The number of amides is 2. The number of fused-ring (bicyclic) bond motifs is 1. The predicted octanol–water partition coefficient (Wildman–Crippen LogP) is 4.34. The lowest BCUT2D eigenvalue weighted by Gasteiger charge is -2.29. The maximum atomic E-state index is 12.4. The molecule has 1 fully saturated rings. The largest absolute Gasteiger partial charge is 0.465 e. The van der Waals surface area contributed by atoms with Crippen LogP contribution in [0.4, 0.5) is 9.80 Å². The van der Waals surface area contributed by atoms with Gasteiger partial charge in [-0.2, -0.15) is 5.26 Å². The summed E-state index contributed by atoms with van der Waals surface area (Å²) >= 11 is 1.39. The number of hydrogen-bond acceptors (Lipinski definition) is 6. The highest BCUT2D eigenvalue weighted by Gasteiger charge is 2.29. The molecule has 3 heterocycles. The number of nitrogens with zero attached hydrogens (tertiary/aromatic N) is 2. The van der Waals surface area contributed by atoms with Crippen molar-refractivity contribution >= 4 is 34.4 Å². The van der Waals surface area contributed by atoms with Gasteiger partial charge in [0.05, 0.1) is 11.8 Å². The molecule has 8 heteroatoms. The minimum Gasteiger partial charge on any atom is -0.465 e. The lowest BCUT2D eigenvalue weighted by Crippen LogP contribution is -2.39. The predicted molar refractivity (Wildman–Crippen MR) is 113 cm³/mol. The SMILES string of the molecule is N#Cc1c(NC(=O)/C=C/c2ccco2)sc2c1CCC(OC(=O)N1CCCCC1)C2. The van der Waals surface area contributed by atoms with Crippen LogP contribution in [0.3, 0.4) is 0 Å². The van der Waals surface area contributed by atoms with E-state index in [9.17, 15) is 14.9 Å². The van der Waals surface area contributed by atoms with E-state index in [4.69, 9.17) is 9.15 Å². The molecule has 0 aromatic carbocycles. The molecule has 0 bridgehead atoms. The molecule has 2 amide bonds. The first-order valence-corrected chi connectivity index (χ1v) is 11.0. The summed E-state index contributed by atoms with van der Waals surface area (Å²) in [6.45, 7) is 1.52. The van der Waals surface area contributed by atoms with Crippen molar-refractivity contribution in [1.82, 2.24) is 4.90 Å². The Morgan fingerprint density at radius 2 is 2.17 bits per heavy atom. The summed E-state index contributed by atoms with van der Waals surface area (Å²) in [5.74, 6) is 0.254. The van der Waals surface area contributed by atoms with E-state index in [2.05, 4.69) is 11.4 Å². The van der Waals surface area contributed by atoms with Crippen molar-refractivity contribution in [2.45, 2.75) is 44.6 Å². The molecule has 1 atom stereocenters. The van der Waals surface area contributed by atoms with Gasteiger partial charge in [0.1, 0.15) is 22.9 Å². The molecule has 4 rings (SSSR count). The van der Waals surface area contributed by atoms with E-state index >= 15 is 0 Å². The van der Waals surface area contributed by atoms with Crippen LogP contribution < -0.4 is 5.32 Å². The number of carbonyl (C=O) groups excluding carboxylic acids is 2. The minimum absolute atomic E-state index is 0.195. The van der Waals surface area contributed by atoms with E-state index in [1.54, 1.807) is 23.1 Å². The minimum atomic E-state index is -0.324. The van der Waals surface area contributed by atoms with Crippen molar-refractivity contribution in [3.63, 3.8) is 0 Å². The van der Waals surface area contributed by atoms with Crippen LogP contribution in [0.25, 0.3) is 6.08 Å². The molecule has 7 nitrogen and oxygen atoms in total. The van der Waals surface area contributed by atoms with Crippen LogP contribution in [-0.4, -0.2) is 36.1 Å². The highest BCUT2D eigenvalue weighted by atomic mass is 32.1. The first kappa shape index (κ1) is 20.2. The Kier molecular flexibility index (Phi) is 6.19. The molecule has 1 saturated heterocycles. The fraction of sp³-hybridized carbons (Fsp3) is 0.409. The van der Waals surface area contributed by atoms with Crippen molar-refractivity contribution in [2.75, 3.05) is 18.4 Å². The van der Waals surface area contributed by atoms with E-state index in [-0.39, 0.29) is 18.1 Å². The van der Waals surface area contributed by atoms with Gasteiger partial charge in [0.15, 0.2) is 0 Å². The summed E-state index contributed by atoms with van der Waals surface area (Å²) in [5.41, 5.74) is 1.47. The average molecular weight is 426 g/mol. The number of furan rings is 1. The molecule has 1 aliphatic heterocycles. The maximum Gasteiger partial charge on any atom is 0.410 e. The molecule has 0 spiro atoms. The Balaban J connectivity index is 1.41. The average Bonchev–Trinajstić information content (AvgIpc) is 3.39. The molecule has 1 N–H and O–H groups in total. The molecular formula is C22H23N3O4S. The highest BCUT2D eigenvalue weighted by molar-refractivity contribution is 7.16. The van der Waals surface area contributed by atoms with Crippen LogP contribution in [0.1, 0.15) is 47.4 Å². The number of piperidine rings is 1. The quantitative estimate of drug-likeness (QED) is 0.735. The molecule has 2 aromatic heterocycles. The topological polar surface area (TPSA) is 95.6 Å². The van der Waals surface area contributed by atoms with Gasteiger partial charge in [-0.05, 0) is 55.9 Å². The number of ether oxygens (including phenoxy) is 1. The maximum absolute atomic E-state index is 12.4. The summed E-state index contributed by atoms with van der Waals surface area (Å²) in [7, 11) is 0. The third kappa shape index (κ3) is 4.57. The van der Waals surface area contributed by atoms with Gasteiger partial charge in [0.2, 0.25) is 5.91 Å². The molecule has 0 radical (unpaired) electrons. The third-order valence-corrected chi connectivity index (χ3v) is 6.56. The standard InChI is InChI=1S/C22H23N3O4S/c23-14-18-17-8-6-16(29-22(27)25-10-2-1-3-11-25)13-19(17)30-21(18)24-20(26)9-7-15-5-4-12-28-15/h4-5,7,9,12,16H,1-3,6,8,10-11,13H2,(H,24,26)/b9-7+. The van der Waals surface area contributed by atoms with Crippen LogP contribution in [0.2, 0.25) is 0 Å². The van der Waals surface area contributed by atoms with Crippen LogP contribution in [0.15, 0.2) is 28.9 Å². The zero-order valence-electron chi connectivity index (χ0n) is 16.6. The Bertz CT molecular complexity index is 981. The number of thiophene rings is 1.